The maximum Gasteiger partial charge on any atom is 0.321 e. The molecule has 1 spiro atoms. The number of benzene rings is 2. The highest BCUT2D eigenvalue weighted by molar-refractivity contribution is 6.01. The first kappa shape index (κ1) is 19.5. The van der Waals surface area contributed by atoms with E-state index >= 15 is 0 Å². The average molecular weight is 392 g/mol. The van der Waals surface area contributed by atoms with Crippen molar-refractivity contribution < 1.29 is 9.63 Å². The molecule has 0 atom stereocenters. The monoisotopic (exact) mass is 391 g/mol. The van der Waals surface area contributed by atoms with Crippen LogP contribution in [0.25, 0.3) is 0 Å². The van der Waals surface area contributed by atoms with Crippen LogP contribution in [-0.4, -0.2) is 35.3 Å². The zero-order chi connectivity index (χ0) is 20.4. The van der Waals surface area contributed by atoms with E-state index in [1.54, 1.807) is 0 Å². The summed E-state index contributed by atoms with van der Waals surface area (Å²) in [5.74, 6) is 0.361. The molecule has 2 aliphatic heterocycles. The minimum absolute atomic E-state index is 0.0365. The molecule has 2 aromatic rings. The zero-order valence-corrected chi connectivity index (χ0v) is 17.4. The fraction of sp³-hybridized carbons (Fsp3) is 0.417. The topological polar surface area (TPSA) is 53.9 Å². The number of rotatable bonds is 3. The van der Waals surface area contributed by atoms with Gasteiger partial charge in [-0.05, 0) is 30.0 Å². The first-order valence-electron chi connectivity index (χ1n) is 10.4. The Kier molecular flexibility index (Phi) is 5.31. The molecule has 0 saturated carbocycles. The van der Waals surface area contributed by atoms with Gasteiger partial charge in [-0.15, -0.1) is 0 Å². The quantitative estimate of drug-likeness (QED) is 0.771. The number of hydrogen-bond donors (Lipinski definition) is 1. The fourth-order valence-electron chi connectivity index (χ4n) is 4.12. The molecule has 1 fully saturated rings. The van der Waals surface area contributed by atoms with Gasteiger partial charge >= 0.3 is 6.03 Å². The summed E-state index contributed by atoms with van der Waals surface area (Å²) in [6.07, 6.45) is 2.40. The predicted octanol–water partition coefficient (Wildman–Crippen LogP) is 5.31. The van der Waals surface area contributed by atoms with E-state index in [4.69, 9.17) is 4.84 Å². The Hall–Kier alpha value is -2.82. The molecular formula is C24H29N3O2. The second kappa shape index (κ2) is 7.90. The third kappa shape index (κ3) is 4.14. The summed E-state index contributed by atoms with van der Waals surface area (Å²) in [5, 5.41) is 7.48. The smallest absolute Gasteiger partial charge is 0.321 e. The van der Waals surface area contributed by atoms with Gasteiger partial charge in [0.05, 0.1) is 5.71 Å². The summed E-state index contributed by atoms with van der Waals surface area (Å²) < 4.78 is 0. The Balaban J connectivity index is 1.35. The van der Waals surface area contributed by atoms with Gasteiger partial charge in [-0.1, -0.05) is 67.0 Å². The number of aryl methyl sites for hydroxylation is 1. The molecule has 0 bridgehead atoms. The van der Waals surface area contributed by atoms with Gasteiger partial charge in [-0.25, -0.2) is 4.79 Å². The summed E-state index contributed by atoms with van der Waals surface area (Å²) in [7, 11) is 0. The van der Waals surface area contributed by atoms with Crippen LogP contribution in [0.4, 0.5) is 10.5 Å². The molecular weight excluding hydrogens is 362 g/mol. The molecule has 152 valence electrons. The number of para-hydroxylation sites is 1. The zero-order valence-electron chi connectivity index (χ0n) is 17.4. The minimum Gasteiger partial charge on any atom is -0.388 e. The summed E-state index contributed by atoms with van der Waals surface area (Å²) in [4.78, 5) is 20.6. The maximum atomic E-state index is 12.8. The number of nitrogens with zero attached hydrogens (tertiary/aromatic N) is 2. The molecule has 2 amide bonds. The number of likely N-dealkylation sites (tertiary alicyclic amines) is 1. The third-order valence-electron chi connectivity index (χ3n) is 6.01. The van der Waals surface area contributed by atoms with E-state index < -0.39 is 0 Å². The first-order chi connectivity index (χ1) is 14.0. The van der Waals surface area contributed by atoms with Crippen molar-refractivity contribution in [2.45, 2.75) is 51.6 Å². The SMILES string of the molecule is Cc1ccc(C2=NOC3(CCN(C(=O)Nc4ccccc4C(C)C)CC3)C2)cc1. The van der Waals surface area contributed by atoms with Crippen molar-refractivity contribution in [3.8, 4) is 0 Å². The Labute approximate surface area is 172 Å². The van der Waals surface area contributed by atoms with Crippen molar-refractivity contribution in [1.29, 1.82) is 0 Å². The molecule has 2 aromatic carbocycles. The van der Waals surface area contributed by atoms with E-state index in [-0.39, 0.29) is 11.6 Å². The van der Waals surface area contributed by atoms with Gasteiger partial charge in [0, 0.05) is 38.0 Å². The van der Waals surface area contributed by atoms with E-state index in [2.05, 4.69) is 61.6 Å². The van der Waals surface area contributed by atoms with E-state index in [9.17, 15) is 4.79 Å². The maximum absolute atomic E-state index is 12.8. The van der Waals surface area contributed by atoms with Crippen molar-refractivity contribution in [1.82, 2.24) is 4.90 Å². The summed E-state index contributed by atoms with van der Waals surface area (Å²) in [6, 6.07) is 16.4. The van der Waals surface area contributed by atoms with Crippen LogP contribution in [0.2, 0.25) is 0 Å². The lowest BCUT2D eigenvalue weighted by Gasteiger charge is -2.37. The van der Waals surface area contributed by atoms with Crippen LogP contribution in [0.5, 0.6) is 0 Å². The van der Waals surface area contributed by atoms with Gasteiger partial charge in [0.1, 0.15) is 5.60 Å². The van der Waals surface area contributed by atoms with E-state index in [1.165, 1.54) is 5.56 Å². The molecule has 1 N–H and O–H groups in total. The molecule has 1 saturated heterocycles. The van der Waals surface area contributed by atoms with Gasteiger partial charge in [0.15, 0.2) is 0 Å². The second-order valence-electron chi connectivity index (χ2n) is 8.51. The first-order valence-corrected chi connectivity index (χ1v) is 10.4. The molecule has 5 nitrogen and oxygen atoms in total. The normalized spacial score (nSPS) is 17.9. The average Bonchev–Trinajstić information content (AvgIpc) is 3.13. The number of anilines is 1. The van der Waals surface area contributed by atoms with Gasteiger partial charge in [0.25, 0.3) is 0 Å². The summed E-state index contributed by atoms with van der Waals surface area (Å²) >= 11 is 0. The number of urea groups is 1. The van der Waals surface area contributed by atoms with Crippen molar-refractivity contribution in [3.63, 3.8) is 0 Å². The summed E-state index contributed by atoms with van der Waals surface area (Å²) in [6.45, 7) is 7.70. The van der Waals surface area contributed by atoms with E-state index in [0.29, 0.717) is 19.0 Å². The predicted molar refractivity (Wildman–Crippen MR) is 117 cm³/mol. The van der Waals surface area contributed by atoms with Gasteiger partial charge in [0.2, 0.25) is 0 Å². The van der Waals surface area contributed by atoms with Gasteiger partial charge < -0.3 is 15.1 Å². The Morgan fingerprint density at radius 3 is 2.48 bits per heavy atom. The molecule has 4 rings (SSSR count). The largest absolute Gasteiger partial charge is 0.388 e. The molecule has 2 aliphatic rings. The number of oxime groups is 1. The number of hydrogen-bond acceptors (Lipinski definition) is 3. The lowest BCUT2D eigenvalue weighted by molar-refractivity contribution is -0.0544. The van der Waals surface area contributed by atoms with Crippen LogP contribution in [-0.2, 0) is 4.84 Å². The molecule has 0 aliphatic carbocycles. The van der Waals surface area contributed by atoms with Crippen LogP contribution >= 0.6 is 0 Å². The van der Waals surface area contributed by atoms with E-state index in [0.717, 1.165) is 41.8 Å². The van der Waals surface area contributed by atoms with Gasteiger partial charge in [-0.3, -0.25) is 0 Å². The van der Waals surface area contributed by atoms with Crippen LogP contribution in [0.15, 0.2) is 53.7 Å². The number of nitrogens with one attached hydrogen (secondary N) is 1. The van der Waals surface area contributed by atoms with Crippen molar-refractivity contribution in [3.05, 3.63) is 65.2 Å². The highest BCUT2D eigenvalue weighted by Crippen LogP contribution is 2.36. The molecule has 0 unspecified atom stereocenters. The Bertz CT molecular complexity index is 910. The van der Waals surface area contributed by atoms with Crippen LogP contribution < -0.4 is 5.32 Å². The van der Waals surface area contributed by atoms with Crippen molar-refractivity contribution >= 4 is 17.4 Å². The third-order valence-corrected chi connectivity index (χ3v) is 6.01. The second-order valence-corrected chi connectivity index (χ2v) is 8.51. The van der Waals surface area contributed by atoms with Gasteiger partial charge in [-0.2, -0.15) is 0 Å². The van der Waals surface area contributed by atoms with Crippen molar-refractivity contribution in [2.24, 2.45) is 5.16 Å². The molecule has 29 heavy (non-hydrogen) atoms. The molecule has 0 aromatic heterocycles. The lowest BCUT2D eigenvalue weighted by Crippen LogP contribution is -2.48. The van der Waals surface area contributed by atoms with Crippen molar-refractivity contribution in [2.75, 3.05) is 18.4 Å². The fourth-order valence-corrected chi connectivity index (χ4v) is 4.12. The highest BCUT2D eigenvalue weighted by atomic mass is 16.7. The number of carbonyl (C=O) groups is 1. The van der Waals surface area contributed by atoms with E-state index in [1.807, 2.05) is 23.1 Å². The molecule has 2 heterocycles. The standard InChI is InChI=1S/C24H29N3O2/c1-17(2)20-6-4-5-7-21(20)25-23(28)27-14-12-24(13-15-27)16-22(26-29-24)19-10-8-18(3)9-11-19/h4-11,17H,12-16H2,1-3H3,(H,25,28). The molecule has 5 heteroatoms. The highest BCUT2D eigenvalue weighted by Gasteiger charge is 2.43. The van der Waals surface area contributed by atoms with Crippen LogP contribution in [0, 0.1) is 6.92 Å². The Morgan fingerprint density at radius 2 is 1.79 bits per heavy atom. The Morgan fingerprint density at radius 1 is 1.10 bits per heavy atom. The van der Waals surface area contributed by atoms with Crippen LogP contribution in [0.3, 0.4) is 0 Å². The summed E-state index contributed by atoms with van der Waals surface area (Å²) in [5.41, 5.74) is 5.15. The number of carbonyl (C=O) groups excluding carboxylic acids is 1. The number of amides is 2. The lowest BCUT2D eigenvalue weighted by atomic mass is 9.85. The van der Waals surface area contributed by atoms with Crippen LogP contribution in [0.1, 0.15) is 55.7 Å². The molecule has 0 radical (unpaired) electrons. The number of piperidine rings is 1. The minimum atomic E-state index is -0.271.